The van der Waals surface area contributed by atoms with E-state index in [1.54, 1.807) is 0 Å². The molecule has 6 atom stereocenters. The average molecular weight is 1090 g/mol. The van der Waals surface area contributed by atoms with Gasteiger partial charge in [-0.05, 0) is 103 Å². The number of carbonyl (C=O) groups is 4. The Morgan fingerprint density at radius 3 is 1.26 bits per heavy atom. The predicted molar refractivity (Wildman–Crippen MR) is 312 cm³/mol. The van der Waals surface area contributed by atoms with Gasteiger partial charge in [0.05, 0.1) is 6.61 Å². The molecule has 1 aliphatic heterocycles. The van der Waals surface area contributed by atoms with Crippen LogP contribution in [0.4, 0.5) is 0 Å². The minimum Gasteiger partial charge on any atom is -0.479 e. The van der Waals surface area contributed by atoms with Crippen molar-refractivity contribution in [1.82, 2.24) is 0 Å². The molecule has 1 aliphatic rings. The second-order valence-electron chi connectivity index (χ2n) is 21.3. The Hall–Kier alpha value is -3.58. The van der Waals surface area contributed by atoms with Gasteiger partial charge in [0.2, 0.25) is 0 Å². The molecule has 3 N–H and O–H groups in total. The van der Waals surface area contributed by atoms with Crippen molar-refractivity contribution in [3.63, 3.8) is 0 Å². The minimum atomic E-state index is -1.91. The first-order valence-electron chi connectivity index (χ1n) is 31.3. The molecule has 0 aromatic heterocycles. The van der Waals surface area contributed by atoms with Gasteiger partial charge in [-0.2, -0.15) is 0 Å². The molecule has 1 fully saturated rings. The number of rotatable bonds is 53. The number of aliphatic hydroxyl groups excluding tert-OH is 2. The summed E-state index contributed by atoms with van der Waals surface area (Å²) in [7, 11) is 0. The molecule has 0 saturated carbocycles. The lowest BCUT2D eigenvalue weighted by atomic mass is 9.98. The molecule has 444 valence electrons. The fourth-order valence-electron chi connectivity index (χ4n) is 9.17. The topological polar surface area (TPSA) is 175 Å². The van der Waals surface area contributed by atoms with Gasteiger partial charge in [-0.25, -0.2) is 4.79 Å². The number of esters is 3. The van der Waals surface area contributed by atoms with Crippen LogP contribution in [-0.4, -0.2) is 89.2 Å². The normalized spacial score (nSPS) is 18.4. The Morgan fingerprint density at radius 2 is 0.792 bits per heavy atom. The Kier molecular flexibility index (Phi) is 49.2. The molecule has 0 amide bonds. The summed E-state index contributed by atoms with van der Waals surface area (Å²) in [6, 6.07) is 0. The highest BCUT2D eigenvalue weighted by atomic mass is 16.7. The zero-order valence-corrected chi connectivity index (χ0v) is 49.0. The Bertz CT molecular complexity index is 1570. The van der Waals surface area contributed by atoms with Gasteiger partial charge in [0.1, 0.15) is 18.8 Å². The number of ether oxygens (including phenoxy) is 5. The summed E-state index contributed by atoms with van der Waals surface area (Å²) in [6.45, 7) is 5.92. The third-order valence-corrected chi connectivity index (χ3v) is 14.0. The summed E-state index contributed by atoms with van der Waals surface area (Å²) in [6.07, 6.45) is 53.3. The first-order valence-corrected chi connectivity index (χ1v) is 31.3. The van der Waals surface area contributed by atoms with Gasteiger partial charge in [-0.1, -0.05) is 216 Å². The maximum absolute atomic E-state index is 13.2. The van der Waals surface area contributed by atoms with Crippen molar-refractivity contribution in [2.24, 2.45) is 0 Å². The number of aliphatic carboxylic acids is 1. The lowest BCUT2D eigenvalue weighted by Gasteiger charge is -2.40. The Balaban J connectivity index is 2.67. The smallest absolute Gasteiger partial charge is 0.335 e. The van der Waals surface area contributed by atoms with Crippen LogP contribution in [0.1, 0.15) is 278 Å². The van der Waals surface area contributed by atoms with Crippen LogP contribution in [0.3, 0.4) is 0 Å². The molecular formula is C65H112O12. The number of allylic oxidation sites excluding steroid dienone is 10. The van der Waals surface area contributed by atoms with E-state index in [1.165, 1.54) is 96.3 Å². The third-order valence-electron chi connectivity index (χ3n) is 14.0. The number of hydrogen-bond acceptors (Lipinski definition) is 11. The first-order chi connectivity index (χ1) is 37.6. The van der Waals surface area contributed by atoms with Gasteiger partial charge in [0.15, 0.2) is 24.6 Å². The number of carboxylic acid groups (broad SMARTS) is 1. The molecule has 0 radical (unpaired) electrons. The van der Waals surface area contributed by atoms with E-state index in [0.29, 0.717) is 19.3 Å². The summed E-state index contributed by atoms with van der Waals surface area (Å²) in [5, 5.41) is 31.5. The highest BCUT2D eigenvalue weighted by molar-refractivity contribution is 5.74. The molecule has 1 heterocycles. The molecule has 0 bridgehead atoms. The van der Waals surface area contributed by atoms with Crippen LogP contribution in [0.2, 0.25) is 0 Å². The molecule has 0 aromatic carbocycles. The predicted octanol–water partition coefficient (Wildman–Crippen LogP) is 16.3. The van der Waals surface area contributed by atoms with Crippen molar-refractivity contribution < 1.29 is 58.2 Å². The van der Waals surface area contributed by atoms with Gasteiger partial charge >= 0.3 is 23.9 Å². The second-order valence-corrected chi connectivity index (χ2v) is 21.3. The van der Waals surface area contributed by atoms with E-state index in [1.807, 2.05) is 0 Å². The van der Waals surface area contributed by atoms with Crippen LogP contribution in [0, 0.1) is 0 Å². The van der Waals surface area contributed by atoms with Gasteiger partial charge < -0.3 is 39.0 Å². The SMILES string of the molecule is CCCC/C=C\CCCCCCCC(=O)OC1C(OCC(COC(=O)CCCCCCCC/C=C\C/C=C\C/C=C\CCCCC)OC(=O)CCCCCCCCC/C=C\CCCCCCCC)OC(C(=O)O)C(O)C1O. The number of carbonyl (C=O) groups excluding carboxylic acids is 3. The number of hydrogen-bond donors (Lipinski definition) is 3. The van der Waals surface area contributed by atoms with Crippen LogP contribution in [0.5, 0.6) is 0 Å². The Morgan fingerprint density at radius 1 is 0.429 bits per heavy atom. The van der Waals surface area contributed by atoms with Crippen LogP contribution in [0.15, 0.2) is 60.8 Å². The molecule has 77 heavy (non-hydrogen) atoms. The Labute approximate surface area is 468 Å². The van der Waals surface area contributed by atoms with Crippen molar-refractivity contribution in [3.05, 3.63) is 60.8 Å². The summed E-state index contributed by atoms with van der Waals surface area (Å²) in [4.78, 5) is 51.2. The van der Waals surface area contributed by atoms with E-state index in [2.05, 4.69) is 81.5 Å². The van der Waals surface area contributed by atoms with Crippen LogP contribution >= 0.6 is 0 Å². The quantitative estimate of drug-likeness (QED) is 0.0228. The van der Waals surface area contributed by atoms with E-state index in [-0.39, 0.29) is 25.9 Å². The maximum Gasteiger partial charge on any atom is 0.335 e. The molecule has 0 aromatic rings. The first kappa shape index (κ1) is 71.4. The molecule has 0 aliphatic carbocycles. The van der Waals surface area contributed by atoms with Crippen molar-refractivity contribution >= 4 is 23.9 Å². The van der Waals surface area contributed by atoms with Gasteiger partial charge in [0, 0.05) is 19.3 Å². The highest BCUT2D eigenvalue weighted by Gasteiger charge is 2.50. The zero-order chi connectivity index (χ0) is 56.1. The molecule has 1 rings (SSSR count). The highest BCUT2D eigenvalue weighted by Crippen LogP contribution is 2.26. The number of aliphatic hydroxyl groups is 2. The standard InChI is InChI=1S/C65H112O12/c1-4-7-10-13-16-19-22-24-26-28-29-31-32-34-37-39-42-45-48-51-57(66)73-54-56(75-58(67)52-49-46-43-41-38-35-33-30-27-25-23-20-17-14-11-8-5-2)55-74-65-63(61(70)60(69)62(77-65)64(71)72)76-59(68)53-50-47-44-40-36-21-18-15-12-9-6-3/h15-16,18-19,24-27,29,31,56,60-63,65,69-70H,4-14,17,20-23,28,30,32-55H2,1-3H3,(H,71,72)/b18-15-,19-16-,26-24-,27-25-,31-29-. The van der Waals surface area contributed by atoms with Crippen molar-refractivity contribution in [2.45, 2.75) is 314 Å². The van der Waals surface area contributed by atoms with Crippen LogP contribution < -0.4 is 0 Å². The van der Waals surface area contributed by atoms with Crippen molar-refractivity contribution in [1.29, 1.82) is 0 Å². The summed E-state index contributed by atoms with van der Waals surface area (Å²) < 4.78 is 28.4. The van der Waals surface area contributed by atoms with E-state index < -0.39 is 67.3 Å². The molecule has 0 spiro atoms. The van der Waals surface area contributed by atoms with Crippen molar-refractivity contribution in [3.8, 4) is 0 Å². The second kappa shape index (κ2) is 53.1. The fraction of sp³-hybridized carbons (Fsp3) is 0.785. The van der Waals surface area contributed by atoms with Crippen LogP contribution in [0.25, 0.3) is 0 Å². The molecule has 12 nitrogen and oxygen atoms in total. The number of carboxylic acids is 1. The summed E-state index contributed by atoms with van der Waals surface area (Å²) >= 11 is 0. The largest absolute Gasteiger partial charge is 0.479 e. The van der Waals surface area contributed by atoms with Crippen LogP contribution in [-0.2, 0) is 42.9 Å². The van der Waals surface area contributed by atoms with E-state index in [4.69, 9.17) is 23.7 Å². The molecule has 1 saturated heterocycles. The summed E-state index contributed by atoms with van der Waals surface area (Å²) in [5.41, 5.74) is 0. The van der Waals surface area contributed by atoms with E-state index in [0.717, 1.165) is 122 Å². The average Bonchev–Trinajstić information content (AvgIpc) is 3.42. The lowest BCUT2D eigenvalue weighted by Crippen LogP contribution is -2.61. The van der Waals surface area contributed by atoms with Gasteiger partial charge in [0.25, 0.3) is 0 Å². The minimum absolute atomic E-state index is 0.0480. The zero-order valence-electron chi connectivity index (χ0n) is 49.0. The fourth-order valence-corrected chi connectivity index (χ4v) is 9.17. The van der Waals surface area contributed by atoms with Crippen molar-refractivity contribution in [2.75, 3.05) is 13.2 Å². The van der Waals surface area contributed by atoms with Gasteiger partial charge in [-0.15, -0.1) is 0 Å². The maximum atomic E-state index is 13.2. The number of unbranched alkanes of at least 4 members (excludes halogenated alkanes) is 29. The third kappa shape index (κ3) is 43.0. The van der Waals surface area contributed by atoms with Gasteiger partial charge in [-0.3, -0.25) is 14.4 Å². The van der Waals surface area contributed by atoms with E-state index in [9.17, 15) is 34.5 Å². The summed E-state index contributed by atoms with van der Waals surface area (Å²) in [5.74, 6) is -3.14. The van der Waals surface area contributed by atoms with E-state index >= 15 is 0 Å². The lowest BCUT2D eigenvalue weighted by molar-refractivity contribution is -0.301. The molecule has 6 unspecified atom stereocenters. The molecule has 12 heteroatoms. The monoisotopic (exact) mass is 1080 g/mol. The molecular weight excluding hydrogens is 973 g/mol.